The number of amides is 1. The van der Waals surface area contributed by atoms with E-state index in [0.29, 0.717) is 10.6 Å². The number of aryl methyl sites for hydroxylation is 1. The van der Waals surface area contributed by atoms with Crippen molar-refractivity contribution in [2.24, 2.45) is 0 Å². The van der Waals surface area contributed by atoms with Gasteiger partial charge in [-0.3, -0.25) is 10.1 Å². The topological polar surface area (TPSA) is 54.9 Å². The van der Waals surface area contributed by atoms with Gasteiger partial charge in [-0.1, -0.05) is 17.4 Å². The van der Waals surface area contributed by atoms with E-state index in [1.54, 1.807) is 0 Å². The first-order chi connectivity index (χ1) is 12.3. The fraction of sp³-hybridized carbons (Fsp3) is 0.118. The molecule has 2 aromatic heterocycles. The molecular weight excluding hydrogens is 383 g/mol. The summed E-state index contributed by atoms with van der Waals surface area (Å²) in [5, 5.41) is 3.84. The number of thiazole rings is 2. The number of aromatic nitrogens is 2. The molecule has 0 aliphatic heterocycles. The minimum atomic E-state index is -4.50. The van der Waals surface area contributed by atoms with Gasteiger partial charge in [0.05, 0.1) is 31.0 Å². The van der Waals surface area contributed by atoms with Crippen LogP contribution >= 0.6 is 22.7 Å². The van der Waals surface area contributed by atoms with E-state index in [1.807, 2.05) is 19.1 Å². The minimum absolute atomic E-state index is 0.0714. The third kappa shape index (κ3) is 3.04. The standard InChI is InChI=1S/C17H10F3N3OS2/c1-8-21-11-5-6-12-14(13(11)25-8)26-16(22-12)23-15(24)9-3-2-4-10(7-9)17(18,19)20/h2-7H,1H3,(H,22,23,24). The summed E-state index contributed by atoms with van der Waals surface area (Å²) >= 11 is 2.81. The van der Waals surface area contributed by atoms with Gasteiger partial charge in [-0.2, -0.15) is 13.2 Å². The summed E-state index contributed by atoms with van der Waals surface area (Å²) in [6, 6.07) is 7.97. The lowest BCUT2D eigenvalue weighted by Gasteiger charge is -2.08. The highest BCUT2D eigenvalue weighted by Gasteiger charge is 2.31. The van der Waals surface area contributed by atoms with Crippen molar-refractivity contribution < 1.29 is 18.0 Å². The molecule has 0 spiro atoms. The van der Waals surface area contributed by atoms with E-state index in [9.17, 15) is 18.0 Å². The fourth-order valence-electron chi connectivity index (χ4n) is 2.54. The maximum Gasteiger partial charge on any atom is 0.416 e. The average molecular weight is 393 g/mol. The highest BCUT2D eigenvalue weighted by Crippen LogP contribution is 2.36. The van der Waals surface area contributed by atoms with Crippen molar-refractivity contribution in [2.75, 3.05) is 5.32 Å². The van der Waals surface area contributed by atoms with Crippen LogP contribution in [0.1, 0.15) is 20.9 Å². The van der Waals surface area contributed by atoms with E-state index in [1.165, 1.54) is 34.8 Å². The van der Waals surface area contributed by atoms with Crippen molar-refractivity contribution in [1.82, 2.24) is 9.97 Å². The zero-order valence-corrected chi connectivity index (χ0v) is 14.9. The molecule has 2 heterocycles. The molecule has 0 fully saturated rings. The molecule has 0 bridgehead atoms. The zero-order valence-electron chi connectivity index (χ0n) is 13.2. The molecular formula is C17H10F3N3OS2. The number of hydrogen-bond donors (Lipinski definition) is 1. The zero-order chi connectivity index (χ0) is 18.5. The molecule has 0 aliphatic rings. The number of hydrogen-bond acceptors (Lipinski definition) is 5. The molecule has 4 nitrogen and oxygen atoms in total. The van der Waals surface area contributed by atoms with Crippen LogP contribution in [0.2, 0.25) is 0 Å². The number of anilines is 1. The molecule has 1 N–H and O–H groups in total. The van der Waals surface area contributed by atoms with Gasteiger partial charge in [0.15, 0.2) is 5.13 Å². The Kier molecular flexibility index (Phi) is 3.92. The van der Waals surface area contributed by atoms with E-state index >= 15 is 0 Å². The molecule has 4 rings (SSSR count). The number of carbonyl (C=O) groups excluding carboxylic acids is 1. The second kappa shape index (κ2) is 6.03. The number of alkyl halides is 3. The van der Waals surface area contributed by atoms with Crippen LogP contribution in [0.4, 0.5) is 18.3 Å². The van der Waals surface area contributed by atoms with Crippen molar-refractivity contribution in [3.8, 4) is 0 Å². The normalized spacial score (nSPS) is 12.0. The Hall–Kier alpha value is -2.52. The van der Waals surface area contributed by atoms with Crippen molar-refractivity contribution in [1.29, 1.82) is 0 Å². The van der Waals surface area contributed by atoms with Gasteiger partial charge in [-0.05, 0) is 37.3 Å². The van der Waals surface area contributed by atoms with Crippen LogP contribution in [0.3, 0.4) is 0 Å². The first kappa shape index (κ1) is 16.9. The molecule has 0 aliphatic carbocycles. The maximum atomic E-state index is 12.8. The fourth-order valence-corrected chi connectivity index (χ4v) is 4.55. The minimum Gasteiger partial charge on any atom is -0.298 e. The molecule has 1 amide bonds. The van der Waals surface area contributed by atoms with Crippen LogP contribution in [0, 0.1) is 6.92 Å². The van der Waals surface area contributed by atoms with Crippen molar-refractivity contribution in [3.05, 3.63) is 52.5 Å². The van der Waals surface area contributed by atoms with E-state index in [4.69, 9.17) is 0 Å². The summed E-state index contributed by atoms with van der Waals surface area (Å²) < 4.78 is 40.3. The Morgan fingerprint density at radius 2 is 1.73 bits per heavy atom. The molecule has 0 saturated heterocycles. The third-order valence-electron chi connectivity index (χ3n) is 3.69. The quantitative estimate of drug-likeness (QED) is 0.490. The molecule has 26 heavy (non-hydrogen) atoms. The maximum absolute atomic E-state index is 12.8. The molecule has 0 unspecified atom stereocenters. The Balaban J connectivity index is 1.67. The summed E-state index contributed by atoms with van der Waals surface area (Å²) in [5.41, 5.74) is 0.638. The van der Waals surface area contributed by atoms with Crippen molar-refractivity contribution in [3.63, 3.8) is 0 Å². The van der Waals surface area contributed by atoms with Crippen molar-refractivity contribution in [2.45, 2.75) is 13.1 Å². The summed E-state index contributed by atoms with van der Waals surface area (Å²) in [4.78, 5) is 21.1. The Bertz CT molecular complexity index is 1150. The Morgan fingerprint density at radius 3 is 2.46 bits per heavy atom. The average Bonchev–Trinajstić information content (AvgIpc) is 3.16. The van der Waals surface area contributed by atoms with Gasteiger partial charge in [0, 0.05) is 5.56 Å². The van der Waals surface area contributed by atoms with E-state index in [0.717, 1.165) is 32.1 Å². The lowest BCUT2D eigenvalue weighted by molar-refractivity contribution is -0.137. The SMILES string of the molecule is Cc1nc2ccc3nc(NC(=O)c4cccc(C(F)(F)F)c4)sc3c2s1. The first-order valence-electron chi connectivity index (χ1n) is 7.46. The second-order valence-corrected chi connectivity index (χ2v) is 7.75. The summed E-state index contributed by atoms with van der Waals surface area (Å²) in [6.07, 6.45) is -4.50. The third-order valence-corrected chi connectivity index (χ3v) is 5.83. The van der Waals surface area contributed by atoms with Gasteiger partial charge in [-0.15, -0.1) is 11.3 Å². The van der Waals surface area contributed by atoms with Gasteiger partial charge in [0.1, 0.15) is 0 Å². The smallest absolute Gasteiger partial charge is 0.298 e. The number of nitrogens with one attached hydrogen (secondary N) is 1. The Morgan fingerprint density at radius 1 is 1.04 bits per heavy atom. The van der Waals surface area contributed by atoms with Crippen LogP contribution in [0.15, 0.2) is 36.4 Å². The first-order valence-corrected chi connectivity index (χ1v) is 9.10. The number of benzene rings is 2. The molecule has 9 heteroatoms. The van der Waals surface area contributed by atoms with E-state index < -0.39 is 17.6 Å². The number of fused-ring (bicyclic) bond motifs is 3. The number of carbonyl (C=O) groups is 1. The molecule has 0 saturated carbocycles. The van der Waals surface area contributed by atoms with E-state index in [-0.39, 0.29) is 5.56 Å². The number of nitrogens with zero attached hydrogens (tertiary/aromatic N) is 2. The lowest BCUT2D eigenvalue weighted by atomic mass is 10.1. The molecule has 0 radical (unpaired) electrons. The van der Waals surface area contributed by atoms with Gasteiger partial charge in [0.2, 0.25) is 0 Å². The highest BCUT2D eigenvalue weighted by atomic mass is 32.1. The molecule has 132 valence electrons. The largest absolute Gasteiger partial charge is 0.416 e. The molecule has 2 aromatic carbocycles. The lowest BCUT2D eigenvalue weighted by Crippen LogP contribution is -2.13. The summed E-state index contributed by atoms with van der Waals surface area (Å²) in [6.45, 7) is 1.91. The highest BCUT2D eigenvalue weighted by molar-refractivity contribution is 7.28. The predicted molar refractivity (Wildman–Crippen MR) is 96.9 cm³/mol. The van der Waals surface area contributed by atoms with E-state index in [2.05, 4.69) is 15.3 Å². The number of halogens is 3. The summed E-state index contributed by atoms with van der Waals surface area (Å²) in [7, 11) is 0. The van der Waals surface area contributed by atoms with Crippen LogP contribution in [0.25, 0.3) is 20.4 Å². The van der Waals surface area contributed by atoms with Crippen LogP contribution in [-0.4, -0.2) is 15.9 Å². The second-order valence-electron chi connectivity index (χ2n) is 5.55. The van der Waals surface area contributed by atoms with Gasteiger partial charge in [-0.25, -0.2) is 9.97 Å². The Labute approximate surface area is 153 Å². The van der Waals surface area contributed by atoms with Crippen LogP contribution in [0.5, 0.6) is 0 Å². The van der Waals surface area contributed by atoms with Gasteiger partial charge < -0.3 is 0 Å². The van der Waals surface area contributed by atoms with Gasteiger partial charge in [0.25, 0.3) is 5.91 Å². The van der Waals surface area contributed by atoms with Crippen molar-refractivity contribution >= 4 is 54.1 Å². The molecule has 4 aromatic rings. The number of rotatable bonds is 2. The van der Waals surface area contributed by atoms with Crippen LogP contribution < -0.4 is 5.32 Å². The van der Waals surface area contributed by atoms with Crippen LogP contribution in [-0.2, 0) is 6.18 Å². The molecule has 0 atom stereocenters. The summed E-state index contributed by atoms with van der Waals surface area (Å²) in [5.74, 6) is -0.633. The predicted octanol–water partition coefficient (Wildman–Crippen LogP) is 5.49. The monoisotopic (exact) mass is 393 g/mol. The van der Waals surface area contributed by atoms with Gasteiger partial charge >= 0.3 is 6.18 Å².